The Hall–Kier alpha value is -1.34. The molecular formula is C15H22N2OS. The average Bonchev–Trinajstić information content (AvgIpc) is 2.81. The molecular weight excluding hydrogens is 256 g/mol. The van der Waals surface area contributed by atoms with Gasteiger partial charge in [0.05, 0.1) is 6.07 Å². The molecule has 0 bridgehead atoms. The molecule has 1 heterocycles. The van der Waals surface area contributed by atoms with Crippen LogP contribution in [0.25, 0.3) is 0 Å². The van der Waals surface area contributed by atoms with Crippen molar-refractivity contribution < 1.29 is 4.79 Å². The van der Waals surface area contributed by atoms with E-state index >= 15 is 0 Å². The number of nitrogens with one attached hydrogen (secondary N) is 1. The number of carbonyl (C=O) groups is 1. The molecule has 1 rings (SSSR count). The number of hydrogen-bond donors (Lipinski definition) is 1. The summed E-state index contributed by atoms with van der Waals surface area (Å²) in [4.78, 5) is 12.4. The maximum absolute atomic E-state index is 12.4. The van der Waals surface area contributed by atoms with E-state index in [1.54, 1.807) is 11.3 Å². The minimum Gasteiger partial charge on any atom is -0.351 e. The van der Waals surface area contributed by atoms with Gasteiger partial charge in [-0.3, -0.25) is 4.79 Å². The van der Waals surface area contributed by atoms with E-state index in [0.29, 0.717) is 19.4 Å². The average molecular weight is 278 g/mol. The van der Waals surface area contributed by atoms with E-state index in [4.69, 9.17) is 0 Å². The lowest BCUT2D eigenvalue weighted by molar-refractivity contribution is -0.129. The smallest absolute Gasteiger partial charge is 0.240 e. The van der Waals surface area contributed by atoms with Crippen LogP contribution in [-0.4, -0.2) is 5.91 Å². The molecule has 1 aromatic rings. The Morgan fingerprint density at radius 1 is 1.37 bits per heavy atom. The molecule has 0 radical (unpaired) electrons. The molecule has 0 aromatic carbocycles. The summed E-state index contributed by atoms with van der Waals surface area (Å²) in [6, 6.07) is 2.25. The first-order valence-corrected chi connectivity index (χ1v) is 7.75. The summed E-state index contributed by atoms with van der Waals surface area (Å²) < 4.78 is 0. The van der Waals surface area contributed by atoms with Crippen molar-refractivity contribution in [3.63, 3.8) is 0 Å². The molecule has 104 valence electrons. The van der Waals surface area contributed by atoms with E-state index in [1.165, 1.54) is 5.56 Å². The third kappa shape index (κ3) is 3.81. The van der Waals surface area contributed by atoms with Gasteiger partial charge in [-0.25, -0.2) is 0 Å². The number of hydrogen-bond acceptors (Lipinski definition) is 3. The summed E-state index contributed by atoms with van der Waals surface area (Å²) in [6.45, 7) is 6.58. The van der Waals surface area contributed by atoms with Crippen LogP contribution in [0.1, 0.15) is 50.7 Å². The van der Waals surface area contributed by atoms with Crippen molar-refractivity contribution in [2.45, 2.75) is 53.0 Å². The second-order valence-corrected chi connectivity index (χ2v) is 5.70. The van der Waals surface area contributed by atoms with Crippen LogP contribution in [0.3, 0.4) is 0 Å². The molecule has 0 unspecified atom stereocenters. The van der Waals surface area contributed by atoms with Crippen molar-refractivity contribution in [1.29, 1.82) is 5.26 Å². The molecule has 0 saturated carbocycles. The van der Waals surface area contributed by atoms with Gasteiger partial charge in [0, 0.05) is 6.54 Å². The van der Waals surface area contributed by atoms with Gasteiger partial charge in [0.25, 0.3) is 0 Å². The largest absolute Gasteiger partial charge is 0.351 e. The van der Waals surface area contributed by atoms with Gasteiger partial charge in [0.1, 0.15) is 5.41 Å². The zero-order chi connectivity index (χ0) is 14.3. The van der Waals surface area contributed by atoms with Crippen molar-refractivity contribution in [1.82, 2.24) is 5.32 Å². The Balaban J connectivity index is 2.72. The van der Waals surface area contributed by atoms with Crippen molar-refractivity contribution in [2.24, 2.45) is 5.41 Å². The molecule has 0 spiro atoms. The highest BCUT2D eigenvalue weighted by Crippen LogP contribution is 2.29. The summed E-state index contributed by atoms with van der Waals surface area (Å²) in [5.74, 6) is -0.121. The van der Waals surface area contributed by atoms with Crippen molar-refractivity contribution in [2.75, 3.05) is 0 Å². The lowest BCUT2D eigenvalue weighted by Gasteiger charge is -2.24. The number of aryl methyl sites for hydroxylation is 1. The highest BCUT2D eigenvalue weighted by atomic mass is 32.1. The number of amides is 1. The molecule has 0 atom stereocenters. The van der Waals surface area contributed by atoms with Crippen molar-refractivity contribution >= 4 is 17.2 Å². The second-order valence-electron chi connectivity index (χ2n) is 4.96. The van der Waals surface area contributed by atoms with Crippen LogP contribution in [0.2, 0.25) is 0 Å². The minimum absolute atomic E-state index is 0.121. The number of carbonyl (C=O) groups excluding carboxylic acids is 1. The van der Waals surface area contributed by atoms with E-state index in [0.717, 1.165) is 18.4 Å². The van der Waals surface area contributed by atoms with Gasteiger partial charge in [-0.2, -0.15) is 16.6 Å². The topological polar surface area (TPSA) is 52.9 Å². The summed E-state index contributed by atoms with van der Waals surface area (Å²) in [5, 5.41) is 16.5. The summed E-state index contributed by atoms with van der Waals surface area (Å²) in [6.07, 6.45) is 2.95. The standard InChI is InChI=1S/C15H22N2OS/c1-4-6-15(11-16,7-5-2)14(18)17-8-13-10-19-9-12(13)3/h9-10H,4-8H2,1-3H3,(H,17,18). The maximum Gasteiger partial charge on any atom is 0.240 e. The van der Waals surface area contributed by atoms with Crippen LogP contribution in [0.5, 0.6) is 0 Å². The Labute approximate surface area is 119 Å². The molecule has 3 nitrogen and oxygen atoms in total. The lowest BCUT2D eigenvalue weighted by Crippen LogP contribution is -2.39. The zero-order valence-corrected chi connectivity index (χ0v) is 12.8. The van der Waals surface area contributed by atoms with Crippen LogP contribution in [0, 0.1) is 23.7 Å². The predicted octanol–water partition coefficient (Wildman–Crippen LogP) is 3.78. The van der Waals surface area contributed by atoms with Gasteiger partial charge in [-0.1, -0.05) is 26.7 Å². The highest BCUT2D eigenvalue weighted by molar-refractivity contribution is 7.08. The number of nitrogens with zero attached hydrogens (tertiary/aromatic N) is 1. The molecule has 1 N–H and O–H groups in total. The number of rotatable bonds is 7. The first-order valence-electron chi connectivity index (χ1n) is 6.80. The van der Waals surface area contributed by atoms with Gasteiger partial charge >= 0.3 is 0 Å². The predicted molar refractivity (Wildman–Crippen MR) is 78.8 cm³/mol. The van der Waals surface area contributed by atoms with E-state index in [2.05, 4.69) is 16.8 Å². The second kappa shape index (κ2) is 7.30. The minimum atomic E-state index is -0.854. The van der Waals surface area contributed by atoms with Crippen LogP contribution < -0.4 is 5.32 Å². The van der Waals surface area contributed by atoms with Crippen LogP contribution >= 0.6 is 11.3 Å². The van der Waals surface area contributed by atoms with Crippen molar-refractivity contribution in [3.05, 3.63) is 21.9 Å². The summed E-state index contributed by atoms with van der Waals surface area (Å²) in [7, 11) is 0. The molecule has 19 heavy (non-hydrogen) atoms. The first-order chi connectivity index (χ1) is 9.09. The molecule has 1 aromatic heterocycles. The fourth-order valence-corrected chi connectivity index (χ4v) is 3.14. The molecule has 0 aliphatic heterocycles. The lowest BCUT2D eigenvalue weighted by atomic mass is 9.79. The Bertz CT molecular complexity index is 453. The zero-order valence-electron chi connectivity index (χ0n) is 12.0. The SMILES string of the molecule is CCCC(C#N)(CCC)C(=O)NCc1cscc1C. The number of nitriles is 1. The first kappa shape index (κ1) is 15.7. The van der Waals surface area contributed by atoms with E-state index in [1.807, 2.05) is 26.2 Å². The number of thiophene rings is 1. The van der Waals surface area contributed by atoms with Gasteiger partial charge < -0.3 is 5.32 Å². The fraction of sp³-hybridized carbons (Fsp3) is 0.600. The monoisotopic (exact) mass is 278 g/mol. The van der Waals surface area contributed by atoms with E-state index in [9.17, 15) is 10.1 Å². The molecule has 4 heteroatoms. The molecule has 1 amide bonds. The Morgan fingerprint density at radius 3 is 2.42 bits per heavy atom. The Morgan fingerprint density at radius 2 is 2.00 bits per heavy atom. The highest BCUT2D eigenvalue weighted by Gasteiger charge is 2.36. The van der Waals surface area contributed by atoms with Crippen LogP contribution in [-0.2, 0) is 11.3 Å². The quantitative estimate of drug-likeness (QED) is 0.825. The summed E-state index contributed by atoms with van der Waals surface area (Å²) >= 11 is 1.64. The molecule has 0 aliphatic carbocycles. The normalized spacial score (nSPS) is 11.1. The van der Waals surface area contributed by atoms with Crippen LogP contribution in [0.4, 0.5) is 0 Å². The maximum atomic E-state index is 12.4. The van der Waals surface area contributed by atoms with Crippen molar-refractivity contribution in [3.8, 4) is 6.07 Å². The molecule has 0 aliphatic rings. The summed E-state index contributed by atoms with van der Waals surface area (Å²) in [5.41, 5.74) is 1.48. The van der Waals surface area contributed by atoms with Gasteiger partial charge in [0.15, 0.2) is 0 Å². The Kier molecular flexibility index (Phi) is 6.04. The van der Waals surface area contributed by atoms with Gasteiger partial charge in [0.2, 0.25) is 5.91 Å². The van der Waals surface area contributed by atoms with Crippen LogP contribution in [0.15, 0.2) is 10.8 Å². The molecule has 0 fully saturated rings. The fourth-order valence-electron chi connectivity index (χ4n) is 2.28. The van der Waals surface area contributed by atoms with Gasteiger partial charge in [-0.05, 0) is 41.7 Å². The molecule has 0 saturated heterocycles. The van der Waals surface area contributed by atoms with E-state index < -0.39 is 5.41 Å². The van der Waals surface area contributed by atoms with Gasteiger partial charge in [-0.15, -0.1) is 0 Å². The van der Waals surface area contributed by atoms with E-state index in [-0.39, 0.29) is 5.91 Å². The third-order valence-corrected chi connectivity index (χ3v) is 4.31. The third-order valence-electron chi connectivity index (χ3n) is 3.40.